The summed E-state index contributed by atoms with van der Waals surface area (Å²) in [4.78, 5) is 0. The van der Waals surface area contributed by atoms with Gasteiger partial charge in [0.25, 0.3) is 0 Å². The van der Waals surface area contributed by atoms with Crippen molar-refractivity contribution in [2.75, 3.05) is 0 Å². The molecular weight excluding hydrogens is 148 g/mol. The molecule has 0 spiro atoms. The third-order valence-corrected chi connectivity index (χ3v) is 2.45. The van der Waals surface area contributed by atoms with Gasteiger partial charge in [-0.2, -0.15) is 0 Å². The number of fused-ring (bicyclic) bond motifs is 1. The molecule has 2 rings (SSSR count). The van der Waals surface area contributed by atoms with Gasteiger partial charge in [0.2, 0.25) is 0 Å². The molecule has 0 N–H and O–H groups in total. The molecule has 0 bridgehead atoms. The second-order valence-corrected chi connectivity index (χ2v) is 3.69. The van der Waals surface area contributed by atoms with Crippen LogP contribution in [0.1, 0.15) is 13.8 Å². The monoisotopic (exact) mass is 162 g/mol. The Morgan fingerprint density at radius 3 is 2.92 bits per heavy atom. The highest BCUT2D eigenvalue weighted by molar-refractivity contribution is 5.31. The highest BCUT2D eigenvalue weighted by atomic mass is 16.5. The van der Waals surface area contributed by atoms with Gasteiger partial charge in [0.05, 0.1) is 6.26 Å². The zero-order valence-electron chi connectivity index (χ0n) is 7.53. The van der Waals surface area contributed by atoms with Crippen molar-refractivity contribution >= 4 is 0 Å². The van der Waals surface area contributed by atoms with E-state index in [0.717, 1.165) is 0 Å². The van der Waals surface area contributed by atoms with Crippen LogP contribution in [0.15, 0.2) is 36.1 Å². The molecule has 0 aromatic rings. The molecule has 2 atom stereocenters. The second-order valence-electron chi connectivity index (χ2n) is 3.69. The summed E-state index contributed by atoms with van der Waals surface area (Å²) in [6, 6.07) is 0. The number of allylic oxidation sites excluding steroid dienone is 2. The van der Waals surface area contributed by atoms with Gasteiger partial charge in [0.15, 0.2) is 0 Å². The first-order chi connectivity index (χ1) is 5.77. The Bertz CT molecular complexity index is 258. The van der Waals surface area contributed by atoms with Crippen molar-refractivity contribution in [3.8, 4) is 0 Å². The molecule has 12 heavy (non-hydrogen) atoms. The third kappa shape index (κ3) is 1.20. The molecule has 2 unspecified atom stereocenters. The first-order valence-electron chi connectivity index (χ1n) is 4.49. The maximum atomic E-state index is 5.37. The third-order valence-electron chi connectivity index (χ3n) is 2.45. The van der Waals surface area contributed by atoms with E-state index in [0.29, 0.717) is 11.8 Å². The van der Waals surface area contributed by atoms with E-state index in [9.17, 15) is 0 Å². The minimum atomic E-state index is 0.271. The fourth-order valence-corrected chi connectivity index (χ4v) is 1.62. The van der Waals surface area contributed by atoms with E-state index in [4.69, 9.17) is 4.74 Å². The van der Waals surface area contributed by atoms with Gasteiger partial charge >= 0.3 is 0 Å². The van der Waals surface area contributed by atoms with Gasteiger partial charge in [-0.1, -0.05) is 26.0 Å². The van der Waals surface area contributed by atoms with Crippen LogP contribution in [0.3, 0.4) is 0 Å². The predicted octanol–water partition coefficient (Wildman–Crippen LogP) is 2.67. The van der Waals surface area contributed by atoms with Gasteiger partial charge in [-0.05, 0) is 23.6 Å². The van der Waals surface area contributed by atoms with Crippen molar-refractivity contribution in [1.29, 1.82) is 0 Å². The van der Waals surface area contributed by atoms with Crippen LogP contribution < -0.4 is 0 Å². The SMILES string of the molecule is CC(C)C1=CC2C=COC2C=C1. The maximum Gasteiger partial charge on any atom is 0.126 e. The Morgan fingerprint density at radius 2 is 2.17 bits per heavy atom. The van der Waals surface area contributed by atoms with Crippen molar-refractivity contribution < 1.29 is 4.74 Å². The fraction of sp³-hybridized carbons (Fsp3) is 0.455. The summed E-state index contributed by atoms with van der Waals surface area (Å²) in [5.74, 6) is 1.10. The Hall–Kier alpha value is -0.980. The number of ether oxygens (including phenoxy) is 1. The molecular formula is C11H14O. The normalized spacial score (nSPS) is 31.8. The predicted molar refractivity (Wildman–Crippen MR) is 49.6 cm³/mol. The summed E-state index contributed by atoms with van der Waals surface area (Å²) in [5.41, 5.74) is 1.42. The fourth-order valence-electron chi connectivity index (χ4n) is 1.62. The van der Waals surface area contributed by atoms with Crippen LogP contribution >= 0.6 is 0 Å². The summed E-state index contributed by atoms with van der Waals surface area (Å²) in [7, 11) is 0. The van der Waals surface area contributed by atoms with E-state index in [2.05, 4.69) is 38.2 Å². The zero-order chi connectivity index (χ0) is 8.55. The van der Waals surface area contributed by atoms with Crippen molar-refractivity contribution in [2.45, 2.75) is 20.0 Å². The van der Waals surface area contributed by atoms with Gasteiger partial charge in [-0.15, -0.1) is 0 Å². The molecule has 0 radical (unpaired) electrons. The van der Waals surface area contributed by atoms with Gasteiger partial charge in [0.1, 0.15) is 6.10 Å². The summed E-state index contributed by atoms with van der Waals surface area (Å²) in [5, 5.41) is 0. The Morgan fingerprint density at radius 1 is 1.33 bits per heavy atom. The lowest BCUT2D eigenvalue weighted by Gasteiger charge is -2.19. The molecule has 1 heterocycles. The lowest BCUT2D eigenvalue weighted by Crippen LogP contribution is -2.15. The lowest BCUT2D eigenvalue weighted by atomic mass is 9.90. The standard InChI is InChI=1S/C11H14O/c1-8(2)9-3-4-11-10(7-9)5-6-12-11/h3-8,10-11H,1-2H3. The van der Waals surface area contributed by atoms with Crippen LogP contribution in [0.2, 0.25) is 0 Å². The van der Waals surface area contributed by atoms with Crippen molar-refractivity contribution in [3.63, 3.8) is 0 Å². The highest BCUT2D eigenvalue weighted by Crippen LogP contribution is 2.28. The van der Waals surface area contributed by atoms with E-state index in [-0.39, 0.29) is 6.10 Å². The largest absolute Gasteiger partial charge is 0.493 e. The van der Waals surface area contributed by atoms with E-state index in [1.54, 1.807) is 6.26 Å². The smallest absolute Gasteiger partial charge is 0.126 e. The average Bonchev–Trinajstić information content (AvgIpc) is 2.49. The average molecular weight is 162 g/mol. The highest BCUT2D eigenvalue weighted by Gasteiger charge is 2.23. The van der Waals surface area contributed by atoms with Crippen molar-refractivity contribution in [2.24, 2.45) is 11.8 Å². The molecule has 0 fully saturated rings. The summed E-state index contributed by atoms with van der Waals surface area (Å²) in [6.07, 6.45) is 10.8. The van der Waals surface area contributed by atoms with Gasteiger partial charge in [0, 0.05) is 5.92 Å². The first kappa shape index (κ1) is 7.66. The van der Waals surface area contributed by atoms with E-state index < -0.39 is 0 Å². The summed E-state index contributed by atoms with van der Waals surface area (Å²) in [6.45, 7) is 4.44. The minimum Gasteiger partial charge on any atom is -0.493 e. The molecule has 1 aliphatic carbocycles. The van der Waals surface area contributed by atoms with E-state index >= 15 is 0 Å². The molecule has 0 saturated heterocycles. The summed E-state index contributed by atoms with van der Waals surface area (Å²) < 4.78 is 5.37. The Balaban J connectivity index is 2.20. The van der Waals surface area contributed by atoms with Gasteiger partial charge in [-0.25, -0.2) is 0 Å². The lowest BCUT2D eigenvalue weighted by molar-refractivity contribution is 0.191. The van der Waals surface area contributed by atoms with Crippen LogP contribution in [-0.4, -0.2) is 6.10 Å². The zero-order valence-corrected chi connectivity index (χ0v) is 7.53. The number of hydrogen-bond acceptors (Lipinski definition) is 1. The molecule has 0 saturated carbocycles. The van der Waals surface area contributed by atoms with Gasteiger partial charge < -0.3 is 4.74 Å². The number of rotatable bonds is 1. The van der Waals surface area contributed by atoms with Crippen LogP contribution in [0.25, 0.3) is 0 Å². The molecule has 2 aliphatic rings. The first-order valence-corrected chi connectivity index (χ1v) is 4.49. The topological polar surface area (TPSA) is 9.23 Å². The second kappa shape index (κ2) is 2.81. The van der Waals surface area contributed by atoms with E-state index in [1.807, 2.05) is 0 Å². The number of hydrogen-bond donors (Lipinski definition) is 0. The molecule has 0 aromatic carbocycles. The molecule has 0 aromatic heterocycles. The molecule has 64 valence electrons. The molecule has 0 amide bonds. The van der Waals surface area contributed by atoms with Crippen LogP contribution in [-0.2, 0) is 4.74 Å². The van der Waals surface area contributed by atoms with Crippen molar-refractivity contribution in [1.82, 2.24) is 0 Å². The summed E-state index contributed by atoms with van der Waals surface area (Å²) >= 11 is 0. The van der Waals surface area contributed by atoms with Gasteiger partial charge in [-0.3, -0.25) is 0 Å². The minimum absolute atomic E-state index is 0.271. The maximum absolute atomic E-state index is 5.37. The van der Waals surface area contributed by atoms with Crippen LogP contribution in [0.4, 0.5) is 0 Å². The molecule has 1 aliphatic heterocycles. The van der Waals surface area contributed by atoms with Crippen LogP contribution in [0.5, 0.6) is 0 Å². The van der Waals surface area contributed by atoms with Crippen LogP contribution in [0, 0.1) is 11.8 Å². The Labute approximate surface area is 73.4 Å². The molecule has 1 nitrogen and oxygen atoms in total. The molecule has 1 heteroatoms. The van der Waals surface area contributed by atoms with E-state index in [1.165, 1.54) is 5.57 Å². The van der Waals surface area contributed by atoms with Crippen molar-refractivity contribution in [3.05, 3.63) is 36.1 Å². The quantitative estimate of drug-likeness (QED) is 0.576. The Kier molecular flexibility index (Phi) is 1.80.